The second-order valence-electron chi connectivity index (χ2n) is 4.34. The van der Waals surface area contributed by atoms with Crippen LogP contribution in [0.2, 0.25) is 0 Å². The van der Waals surface area contributed by atoms with E-state index in [1.807, 2.05) is 12.3 Å². The van der Waals surface area contributed by atoms with E-state index in [4.69, 9.17) is 5.73 Å². The van der Waals surface area contributed by atoms with E-state index in [1.165, 1.54) is 18.0 Å². The summed E-state index contributed by atoms with van der Waals surface area (Å²) in [5, 5.41) is 4.27. The van der Waals surface area contributed by atoms with Gasteiger partial charge in [-0.15, -0.1) is 11.8 Å². The molecule has 1 heterocycles. The lowest BCUT2D eigenvalue weighted by atomic mass is 10.1. The number of anilines is 1. The number of benzene rings is 1. The third-order valence-electron chi connectivity index (χ3n) is 2.82. The van der Waals surface area contributed by atoms with Crippen LogP contribution < -0.4 is 5.73 Å². The third-order valence-corrected chi connectivity index (χ3v) is 5.81. The van der Waals surface area contributed by atoms with Gasteiger partial charge in [0.05, 0.1) is 10.6 Å². The Bertz CT molecular complexity index is 750. The van der Waals surface area contributed by atoms with Crippen molar-refractivity contribution in [3.63, 3.8) is 0 Å². The lowest BCUT2D eigenvalue weighted by Crippen LogP contribution is -2.01. The van der Waals surface area contributed by atoms with E-state index in [-0.39, 0.29) is 0 Å². The fourth-order valence-electron chi connectivity index (χ4n) is 1.81. The van der Waals surface area contributed by atoms with E-state index in [0.29, 0.717) is 26.9 Å². The number of nitrogens with zero attached hydrogens (tertiary/aromatic N) is 2. The van der Waals surface area contributed by atoms with E-state index in [9.17, 15) is 8.42 Å². The Kier molecular flexibility index (Phi) is 4.17. The topological polar surface area (TPSA) is 78.0 Å². The summed E-state index contributed by atoms with van der Waals surface area (Å²) in [5.41, 5.74) is 7.11. The van der Waals surface area contributed by atoms with Crippen molar-refractivity contribution >= 4 is 43.3 Å². The van der Waals surface area contributed by atoms with Gasteiger partial charge >= 0.3 is 0 Å². The maximum Gasteiger partial charge on any atom is 0.176 e. The standard InChI is InChI=1S/C12H14BrN3O2S2/c1-16-11(14)6-9(15-16)7-4-8(13)12(19-2)10(5-7)20(3,17)18/h4-6H,14H2,1-3H3. The van der Waals surface area contributed by atoms with Gasteiger partial charge in [0.1, 0.15) is 5.82 Å². The molecule has 0 radical (unpaired) electrons. The molecule has 0 fully saturated rings. The molecular weight excluding hydrogens is 362 g/mol. The third kappa shape index (κ3) is 2.87. The summed E-state index contributed by atoms with van der Waals surface area (Å²) in [4.78, 5) is 0.985. The van der Waals surface area contributed by atoms with Crippen LogP contribution in [-0.2, 0) is 16.9 Å². The summed E-state index contributed by atoms with van der Waals surface area (Å²) in [6, 6.07) is 5.20. The van der Waals surface area contributed by atoms with E-state index in [2.05, 4.69) is 21.0 Å². The zero-order chi connectivity index (χ0) is 15.1. The Morgan fingerprint density at radius 1 is 1.35 bits per heavy atom. The van der Waals surface area contributed by atoms with Gasteiger partial charge in [0.15, 0.2) is 9.84 Å². The fraction of sp³-hybridized carbons (Fsp3) is 0.250. The van der Waals surface area contributed by atoms with E-state index in [1.54, 1.807) is 23.9 Å². The molecule has 5 nitrogen and oxygen atoms in total. The molecule has 0 bridgehead atoms. The highest BCUT2D eigenvalue weighted by molar-refractivity contribution is 9.10. The van der Waals surface area contributed by atoms with Gasteiger partial charge in [-0.3, -0.25) is 4.68 Å². The zero-order valence-corrected chi connectivity index (χ0v) is 14.4. The first-order valence-corrected chi connectivity index (χ1v) is 9.52. The number of thioether (sulfide) groups is 1. The number of aromatic nitrogens is 2. The summed E-state index contributed by atoms with van der Waals surface area (Å²) in [6.07, 6.45) is 3.04. The largest absolute Gasteiger partial charge is 0.384 e. The molecule has 2 aromatic rings. The Labute approximate surface area is 130 Å². The van der Waals surface area contributed by atoms with Crippen LogP contribution in [0.15, 0.2) is 32.5 Å². The van der Waals surface area contributed by atoms with Gasteiger partial charge < -0.3 is 5.73 Å². The molecule has 2 rings (SSSR count). The summed E-state index contributed by atoms with van der Waals surface area (Å²) in [6.45, 7) is 0. The quantitative estimate of drug-likeness (QED) is 0.833. The molecule has 0 aliphatic rings. The van der Waals surface area contributed by atoms with Crippen molar-refractivity contribution in [1.82, 2.24) is 9.78 Å². The minimum atomic E-state index is -3.32. The number of nitrogens with two attached hydrogens (primary N) is 1. The van der Waals surface area contributed by atoms with Crippen LogP contribution in [0.5, 0.6) is 0 Å². The van der Waals surface area contributed by atoms with Crippen molar-refractivity contribution < 1.29 is 8.42 Å². The SMILES string of the molecule is CSc1c(Br)cc(-c2cc(N)n(C)n2)cc1S(C)(=O)=O. The Balaban J connectivity index is 2.71. The molecule has 0 amide bonds. The number of sulfone groups is 1. The lowest BCUT2D eigenvalue weighted by Gasteiger charge is -2.10. The van der Waals surface area contributed by atoms with E-state index >= 15 is 0 Å². The first-order valence-electron chi connectivity index (χ1n) is 5.61. The minimum Gasteiger partial charge on any atom is -0.384 e. The number of aryl methyl sites for hydroxylation is 1. The minimum absolute atomic E-state index is 0.290. The van der Waals surface area contributed by atoms with E-state index in [0.717, 1.165) is 4.47 Å². The molecule has 0 saturated carbocycles. The summed E-state index contributed by atoms with van der Waals surface area (Å²) >= 11 is 4.81. The van der Waals surface area contributed by atoms with Crippen molar-refractivity contribution in [2.24, 2.45) is 7.05 Å². The smallest absolute Gasteiger partial charge is 0.176 e. The Morgan fingerprint density at radius 3 is 2.45 bits per heavy atom. The second kappa shape index (κ2) is 5.42. The molecular formula is C12H14BrN3O2S2. The van der Waals surface area contributed by atoms with Crippen LogP contribution >= 0.6 is 27.7 Å². The van der Waals surface area contributed by atoms with Crippen molar-refractivity contribution in [2.45, 2.75) is 9.79 Å². The predicted octanol–water partition coefficient (Wildman–Crippen LogP) is 2.56. The number of hydrogen-bond donors (Lipinski definition) is 1. The number of hydrogen-bond acceptors (Lipinski definition) is 5. The molecule has 1 aromatic carbocycles. The molecule has 8 heteroatoms. The Hall–Kier alpha value is -0.990. The van der Waals surface area contributed by atoms with Crippen LogP contribution in [0.4, 0.5) is 5.82 Å². The first-order chi connectivity index (χ1) is 9.24. The van der Waals surface area contributed by atoms with Crippen molar-refractivity contribution in [3.8, 4) is 11.3 Å². The predicted molar refractivity (Wildman–Crippen MR) is 85.6 cm³/mol. The number of nitrogen functional groups attached to an aromatic ring is 1. The summed E-state index contributed by atoms with van der Waals surface area (Å²) in [5.74, 6) is 0.519. The molecule has 0 aliphatic heterocycles. The second-order valence-corrected chi connectivity index (χ2v) is 7.99. The molecule has 0 atom stereocenters. The van der Waals surface area contributed by atoms with Crippen molar-refractivity contribution in [3.05, 3.63) is 22.7 Å². The summed E-state index contributed by atoms with van der Waals surface area (Å²) < 4.78 is 26.1. The lowest BCUT2D eigenvalue weighted by molar-refractivity contribution is 0.600. The molecule has 0 aliphatic carbocycles. The van der Waals surface area contributed by atoms with Crippen LogP contribution in [-0.4, -0.2) is 30.7 Å². The Morgan fingerprint density at radius 2 is 2.00 bits per heavy atom. The molecule has 0 unspecified atom stereocenters. The number of rotatable bonds is 3. The van der Waals surface area contributed by atoms with E-state index < -0.39 is 9.84 Å². The molecule has 2 N–H and O–H groups in total. The molecule has 108 valence electrons. The van der Waals surface area contributed by atoms with Crippen LogP contribution in [0, 0.1) is 0 Å². The van der Waals surface area contributed by atoms with Crippen molar-refractivity contribution in [1.29, 1.82) is 0 Å². The maximum absolute atomic E-state index is 11.9. The van der Waals surface area contributed by atoms with Gasteiger partial charge in [0.2, 0.25) is 0 Å². The highest BCUT2D eigenvalue weighted by Gasteiger charge is 2.18. The van der Waals surface area contributed by atoms with Gasteiger partial charge in [0, 0.05) is 34.3 Å². The highest BCUT2D eigenvalue weighted by Crippen LogP contribution is 2.36. The van der Waals surface area contributed by atoms with Gasteiger partial charge in [-0.1, -0.05) is 0 Å². The van der Waals surface area contributed by atoms with Gasteiger partial charge in [0.25, 0.3) is 0 Å². The maximum atomic E-state index is 11.9. The molecule has 20 heavy (non-hydrogen) atoms. The van der Waals surface area contributed by atoms with Crippen LogP contribution in [0.25, 0.3) is 11.3 Å². The van der Waals surface area contributed by atoms with Gasteiger partial charge in [-0.25, -0.2) is 8.42 Å². The van der Waals surface area contributed by atoms with Gasteiger partial charge in [-0.2, -0.15) is 5.10 Å². The average molecular weight is 376 g/mol. The molecule has 0 spiro atoms. The first kappa shape index (κ1) is 15.4. The monoisotopic (exact) mass is 375 g/mol. The molecule has 0 saturated heterocycles. The number of halogens is 1. The van der Waals surface area contributed by atoms with Crippen LogP contribution in [0.1, 0.15) is 0 Å². The normalized spacial score (nSPS) is 11.8. The zero-order valence-electron chi connectivity index (χ0n) is 11.2. The fourth-order valence-corrected chi connectivity index (χ4v) is 4.90. The van der Waals surface area contributed by atoms with Gasteiger partial charge in [-0.05, 0) is 34.3 Å². The summed E-state index contributed by atoms with van der Waals surface area (Å²) in [7, 11) is -1.58. The van der Waals surface area contributed by atoms with Crippen LogP contribution in [0.3, 0.4) is 0 Å². The average Bonchev–Trinajstić information content (AvgIpc) is 2.67. The highest BCUT2D eigenvalue weighted by atomic mass is 79.9. The molecule has 1 aromatic heterocycles. The van der Waals surface area contributed by atoms with Crippen molar-refractivity contribution in [2.75, 3.05) is 18.2 Å².